The Hall–Kier alpha value is -2.51. The van der Waals surface area contributed by atoms with Gasteiger partial charge in [0.05, 0.1) is 11.6 Å². The molecule has 170 valence electrons. The van der Waals surface area contributed by atoms with Gasteiger partial charge in [-0.1, -0.05) is 48.9 Å². The Bertz CT molecular complexity index is 1150. The van der Waals surface area contributed by atoms with Crippen molar-refractivity contribution >= 4 is 23.5 Å². The van der Waals surface area contributed by atoms with Gasteiger partial charge in [0, 0.05) is 35.6 Å². The third kappa shape index (κ3) is 6.13. The molecule has 0 aromatic heterocycles. The predicted molar refractivity (Wildman–Crippen MR) is 123 cm³/mol. The largest absolute Gasteiger partial charge is 1.00 e. The van der Waals surface area contributed by atoms with Crippen molar-refractivity contribution in [1.29, 1.82) is 0 Å². The molecule has 0 saturated carbocycles. The number of carbonyl (C=O) groups is 2. The molecular formula is C26H23ClNNaO5. The number of fused-ring (bicyclic) bond motifs is 1. The van der Waals surface area contributed by atoms with Crippen molar-refractivity contribution in [2.75, 3.05) is 13.2 Å². The van der Waals surface area contributed by atoms with E-state index in [-0.39, 0.29) is 53.0 Å². The molecule has 0 fully saturated rings. The summed E-state index contributed by atoms with van der Waals surface area (Å²) >= 11 is 6.33. The Morgan fingerprint density at radius 2 is 1.85 bits per heavy atom. The van der Waals surface area contributed by atoms with Crippen LogP contribution in [0.5, 0.6) is 17.2 Å². The summed E-state index contributed by atoms with van der Waals surface area (Å²) in [4.78, 5) is 23.9. The third-order valence-corrected chi connectivity index (χ3v) is 5.97. The second kappa shape index (κ2) is 11.8. The number of ether oxygens (including phenoxy) is 2. The Balaban J connectivity index is 0.00000324. The number of carboxylic acids is 1. The van der Waals surface area contributed by atoms with E-state index in [0.29, 0.717) is 41.3 Å². The molecule has 0 spiro atoms. The van der Waals surface area contributed by atoms with Gasteiger partial charge < -0.3 is 24.7 Å². The van der Waals surface area contributed by atoms with Gasteiger partial charge >= 0.3 is 29.6 Å². The van der Waals surface area contributed by atoms with Gasteiger partial charge in [-0.3, -0.25) is 4.79 Å². The molecule has 0 saturated heterocycles. The summed E-state index contributed by atoms with van der Waals surface area (Å²) in [6, 6.07) is 19.8. The molecule has 8 heteroatoms. The van der Waals surface area contributed by atoms with E-state index in [9.17, 15) is 14.7 Å². The van der Waals surface area contributed by atoms with Crippen LogP contribution in [-0.4, -0.2) is 25.0 Å². The van der Waals surface area contributed by atoms with Crippen LogP contribution in [0.15, 0.2) is 66.7 Å². The Morgan fingerprint density at radius 1 is 1.15 bits per heavy atom. The van der Waals surface area contributed by atoms with Crippen LogP contribution in [-0.2, 0) is 4.79 Å². The number of nitrogens with one attached hydrogen (secondary N) is 1. The number of carbonyl (C=O) groups excluding carboxylic acids is 2. The fourth-order valence-electron chi connectivity index (χ4n) is 3.76. The summed E-state index contributed by atoms with van der Waals surface area (Å²) in [6.07, 6.45) is 0.333. The summed E-state index contributed by atoms with van der Waals surface area (Å²) in [5.74, 6) is -0.653. The van der Waals surface area contributed by atoms with Crippen molar-refractivity contribution in [3.63, 3.8) is 0 Å². The second-order valence-electron chi connectivity index (χ2n) is 7.98. The average Bonchev–Trinajstić information content (AvgIpc) is 2.83. The summed E-state index contributed by atoms with van der Waals surface area (Å²) in [5, 5.41) is 14.6. The zero-order valence-corrected chi connectivity index (χ0v) is 21.8. The SMILES string of the molecule is C[C@@H](CNC(=O)c1ccc(Oc2cc3c(cc2Cl)C(C(=O)[O-])CCO3)cc1)c1ccccc1.[Na+]. The maximum Gasteiger partial charge on any atom is 1.00 e. The monoisotopic (exact) mass is 487 g/mol. The molecule has 2 atom stereocenters. The van der Waals surface area contributed by atoms with Crippen LogP contribution < -0.4 is 49.5 Å². The zero-order chi connectivity index (χ0) is 23.4. The van der Waals surface area contributed by atoms with Crippen molar-refractivity contribution in [3.8, 4) is 17.2 Å². The fourth-order valence-corrected chi connectivity index (χ4v) is 3.97. The van der Waals surface area contributed by atoms with E-state index < -0.39 is 11.9 Å². The molecule has 0 aliphatic carbocycles. The normalized spacial score (nSPS) is 15.2. The quantitative estimate of drug-likeness (QED) is 0.507. The Morgan fingerprint density at radius 3 is 2.53 bits per heavy atom. The van der Waals surface area contributed by atoms with E-state index in [4.69, 9.17) is 21.1 Å². The van der Waals surface area contributed by atoms with Crippen molar-refractivity contribution < 1.29 is 53.7 Å². The molecular weight excluding hydrogens is 465 g/mol. The molecule has 1 heterocycles. The minimum absolute atomic E-state index is 0. The number of amides is 1. The maximum absolute atomic E-state index is 12.5. The van der Waals surface area contributed by atoms with Crippen LogP contribution in [0.1, 0.15) is 46.7 Å². The number of carboxylic acid groups (broad SMARTS) is 1. The maximum atomic E-state index is 12.5. The smallest absolute Gasteiger partial charge is 0.549 e. The molecule has 1 amide bonds. The Labute approximate surface area is 225 Å². The predicted octanol–water partition coefficient (Wildman–Crippen LogP) is 1.29. The average molecular weight is 488 g/mol. The summed E-state index contributed by atoms with van der Waals surface area (Å²) in [6.45, 7) is 2.87. The molecule has 0 radical (unpaired) electrons. The van der Waals surface area contributed by atoms with Crippen molar-refractivity contribution in [3.05, 3.63) is 88.4 Å². The standard InChI is InChI=1S/C26H24ClNO5.Na/c1-16(17-5-3-2-4-6-17)15-28-25(29)18-7-9-19(10-8-18)33-24-14-23-21(13-22(24)27)20(26(30)31)11-12-32-23;/h2-10,13-14,16,20H,11-12,15H2,1H3,(H,28,29)(H,30,31);/q;+1/p-1/t16-,20?;/m0./s1. The van der Waals surface area contributed by atoms with Crippen LogP contribution in [0.4, 0.5) is 0 Å². The number of rotatable bonds is 7. The van der Waals surface area contributed by atoms with Crippen LogP contribution >= 0.6 is 11.6 Å². The molecule has 6 nitrogen and oxygen atoms in total. The van der Waals surface area contributed by atoms with Crippen LogP contribution in [0.25, 0.3) is 0 Å². The molecule has 1 aliphatic rings. The first-order valence-corrected chi connectivity index (χ1v) is 11.1. The van der Waals surface area contributed by atoms with Gasteiger partial charge in [-0.15, -0.1) is 0 Å². The van der Waals surface area contributed by atoms with Crippen LogP contribution in [0.2, 0.25) is 5.02 Å². The first-order valence-electron chi connectivity index (χ1n) is 10.7. The summed E-state index contributed by atoms with van der Waals surface area (Å²) < 4.78 is 11.4. The van der Waals surface area contributed by atoms with Gasteiger partial charge in [0.1, 0.15) is 17.2 Å². The molecule has 1 unspecified atom stereocenters. The van der Waals surface area contributed by atoms with Crippen LogP contribution in [0, 0.1) is 0 Å². The number of halogens is 1. The molecule has 1 aliphatic heterocycles. The van der Waals surface area contributed by atoms with Gasteiger partial charge in [-0.05, 0) is 48.2 Å². The van der Waals surface area contributed by atoms with E-state index in [2.05, 4.69) is 12.2 Å². The minimum Gasteiger partial charge on any atom is -0.549 e. The van der Waals surface area contributed by atoms with E-state index in [1.165, 1.54) is 5.56 Å². The molecule has 4 rings (SSSR count). The van der Waals surface area contributed by atoms with Crippen LogP contribution in [0.3, 0.4) is 0 Å². The van der Waals surface area contributed by atoms with Gasteiger partial charge in [0.2, 0.25) is 0 Å². The van der Waals surface area contributed by atoms with Gasteiger partial charge in [0.15, 0.2) is 0 Å². The number of aliphatic carboxylic acids is 1. The first-order chi connectivity index (χ1) is 15.9. The molecule has 34 heavy (non-hydrogen) atoms. The minimum atomic E-state index is -1.16. The third-order valence-electron chi connectivity index (χ3n) is 5.67. The molecule has 1 N–H and O–H groups in total. The molecule has 0 bridgehead atoms. The number of hydrogen-bond donors (Lipinski definition) is 1. The first kappa shape index (κ1) is 26.1. The Kier molecular flexibility index (Phi) is 9.03. The van der Waals surface area contributed by atoms with E-state index >= 15 is 0 Å². The van der Waals surface area contributed by atoms with E-state index in [0.717, 1.165) is 0 Å². The van der Waals surface area contributed by atoms with E-state index in [1.54, 1.807) is 36.4 Å². The summed E-state index contributed by atoms with van der Waals surface area (Å²) in [7, 11) is 0. The van der Waals surface area contributed by atoms with Gasteiger partial charge in [-0.25, -0.2) is 0 Å². The van der Waals surface area contributed by atoms with Crippen molar-refractivity contribution in [1.82, 2.24) is 5.32 Å². The topological polar surface area (TPSA) is 87.7 Å². The van der Waals surface area contributed by atoms with Crippen molar-refractivity contribution in [2.24, 2.45) is 0 Å². The van der Waals surface area contributed by atoms with Gasteiger partial charge in [-0.2, -0.15) is 0 Å². The second-order valence-corrected chi connectivity index (χ2v) is 8.38. The fraction of sp³-hybridized carbons (Fsp3) is 0.231. The molecule has 3 aromatic carbocycles. The van der Waals surface area contributed by atoms with Crippen molar-refractivity contribution in [2.45, 2.75) is 25.2 Å². The molecule has 3 aromatic rings. The van der Waals surface area contributed by atoms with Gasteiger partial charge in [0.25, 0.3) is 5.91 Å². The van der Waals surface area contributed by atoms with E-state index in [1.807, 2.05) is 30.3 Å². The number of hydrogen-bond acceptors (Lipinski definition) is 5. The number of benzene rings is 3. The summed E-state index contributed by atoms with van der Waals surface area (Å²) in [5.41, 5.74) is 2.16. The zero-order valence-electron chi connectivity index (χ0n) is 19.0.